The lowest BCUT2D eigenvalue weighted by molar-refractivity contribution is -0.0102. The number of nitrogens with zero attached hydrogens (tertiary/aromatic N) is 1. The fraction of sp³-hybridized carbons (Fsp3) is 0.424. The normalized spacial score (nSPS) is 18.6. The third-order valence-electron chi connectivity index (χ3n) is 7.17. The minimum atomic E-state index is -1.08. The van der Waals surface area contributed by atoms with E-state index in [2.05, 4.69) is 84.0 Å². The van der Waals surface area contributed by atoms with Gasteiger partial charge in [0.2, 0.25) is 5.90 Å². The van der Waals surface area contributed by atoms with Crippen LogP contribution in [0.5, 0.6) is 0 Å². The zero-order valence-electron chi connectivity index (χ0n) is 22.9. The maximum absolute atomic E-state index is 12.2. The molecule has 0 bridgehead atoms. The predicted octanol–water partition coefficient (Wildman–Crippen LogP) is 7.03. The zero-order valence-corrected chi connectivity index (χ0v) is 22.9. The minimum Gasteiger partial charge on any atom is -0.472 e. The van der Waals surface area contributed by atoms with Gasteiger partial charge in [0.1, 0.15) is 12.1 Å². The van der Waals surface area contributed by atoms with Gasteiger partial charge in [-0.2, -0.15) is 0 Å². The second-order valence-electron chi connectivity index (χ2n) is 12.4. The van der Waals surface area contributed by atoms with E-state index in [0.29, 0.717) is 18.7 Å². The Hall–Kier alpha value is -2.91. The Morgan fingerprint density at radius 3 is 1.58 bits per heavy atom. The zero-order chi connectivity index (χ0) is 26.1. The molecule has 1 heterocycles. The fourth-order valence-corrected chi connectivity index (χ4v) is 4.99. The van der Waals surface area contributed by atoms with Gasteiger partial charge in [-0.1, -0.05) is 108 Å². The van der Waals surface area contributed by atoms with Crippen molar-refractivity contribution in [3.63, 3.8) is 0 Å². The molecule has 0 radical (unpaired) electrons. The molecule has 4 rings (SSSR count). The highest BCUT2D eigenvalue weighted by Crippen LogP contribution is 2.35. The average Bonchev–Trinajstić information content (AvgIpc) is 3.21. The highest BCUT2D eigenvalue weighted by Gasteiger charge is 2.45. The number of hydrogen-bond donors (Lipinski definition) is 1. The monoisotopic (exact) mass is 483 g/mol. The van der Waals surface area contributed by atoms with E-state index >= 15 is 0 Å². The Morgan fingerprint density at radius 1 is 0.722 bits per heavy atom. The molecule has 0 unspecified atom stereocenters. The number of hydrogen-bond acceptors (Lipinski definition) is 3. The summed E-state index contributed by atoms with van der Waals surface area (Å²) in [6, 6.07) is 26.7. The van der Waals surface area contributed by atoms with E-state index < -0.39 is 5.60 Å². The number of aliphatic hydroxyl groups is 1. The summed E-state index contributed by atoms with van der Waals surface area (Å²) >= 11 is 0. The van der Waals surface area contributed by atoms with E-state index in [1.807, 2.05) is 43.3 Å². The standard InChI is InChI=1S/C33H41NO2/c1-23-29(33(35,21-24-14-10-8-11-15-24)22-25-16-12-9-13-17-25)34-30(36-23)26-18-27(31(2,3)4)20-28(19-26)32(5,6)7/h8-20,23,29,35H,21-22H2,1-7H3/t23-,29-/m0/s1. The van der Waals surface area contributed by atoms with Crippen LogP contribution in [0, 0.1) is 0 Å². The molecular weight excluding hydrogens is 442 g/mol. The molecule has 0 spiro atoms. The molecule has 0 saturated heterocycles. The lowest BCUT2D eigenvalue weighted by Gasteiger charge is -2.34. The van der Waals surface area contributed by atoms with Gasteiger partial charge < -0.3 is 9.84 Å². The maximum atomic E-state index is 12.2. The van der Waals surface area contributed by atoms with Gasteiger partial charge in [0.15, 0.2) is 0 Å². The van der Waals surface area contributed by atoms with Crippen molar-refractivity contribution in [2.24, 2.45) is 4.99 Å². The first-order valence-electron chi connectivity index (χ1n) is 13.1. The first kappa shape index (κ1) is 26.2. The van der Waals surface area contributed by atoms with Crippen molar-refractivity contribution < 1.29 is 9.84 Å². The van der Waals surface area contributed by atoms with Gasteiger partial charge >= 0.3 is 0 Å². The molecular formula is C33H41NO2. The van der Waals surface area contributed by atoms with Crippen molar-refractivity contribution in [1.29, 1.82) is 0 Å². The van der Waals surface area contributed by atoms with Crippen molar-refractivity contribution in [2.75, 3.05) is 0 Å². The van der Waals surface area contributed by atoms with Crippen molar-refractivity contribution in [1.82, 2.24) is 0 Å². The molecule has 3 aromatic carbocycles. The Labute approximate surface area is 217 Å². The Kier molecular flexibility index (Phi) is 7.16. The van der Waals surface area contributed by atoms with Crippen molar-refractivity contribution >= 4 is 5.90 Å². The van der Waals surface area contributed by atoms with Gasteiger partial charge in [-0.05, 0) is 52.1 Å². The van der Waals surface area contributed by atoms with E-state index in [-0.39, 0.29) is 23.0 Å². The minimum absolute atomic E-state index is 0.00153. The molecule has 1 aliphatic rings. The quantitative estimate of drug-likeness (QED) is 0.409. The molecule has 0 amide bonds. The van der Waals surface area contributed by atoms with Crippen LogP contribution in [-0.2, 0) is 28.4 Å². The van der Waals surface area contributed by atoms with E-state index in [1.165, 1.54) is 11.1 Å². The first-order chi connectivity index (χ1) is 16.8. The Bertz CT molecular complexity index is 1130. The van der Waals surface area contributed by atoms with E-state index in [4.69, 9.17) is 9.73 Å². The van der Waals surface area contributed by atoms with Crippen LogP contribution >= 0.6 is 0 Å². The molecule has 3 heteroatoms. The predicted molar refractivity (Wildman–Crippen MR) is 150 cm³/mol. The molecule has 3 nitrogen and oxygen atoms in total. The molecule has 36 heavy (non-hydrogen) atoms. The summed E-state index contributed by atoms with van der Waals surface area (Å²) in [7, 11) is 0. The van der Waals surface area contributed by atoms with Crippen LogP contribution in [0.1, 0.15) is 76.3 Å². The number of rotatable bonds is 6. The number of aliphatic imine (C=N–C) groups is 1. The number of ether oxygens (including phenoxy) is 1. The van der Waals surface area contributed by atoms with E-state index in [1.54, 1.807) is 0 Å². The van der Waals surface area contributed by atoms with Crippen molar-refractivity contribution in [3.05, 3.63) is 107 Å². The summed E-state index contributed by atoms with van der Waals surface area (Å²) in [5.74, 6) is 0.628. The van der Waals surface area contributed by atoms with Gasteiger partial charge in [-0.3, -0.25) is 0 Å². The molecule has 2 atom stereocenters. The summed E-state index contributed by atoms with van der Waals surface area (Å²) in [4.78, 5) is 5.09. The molecule has 0 aromatic heterocycles. The average molecular weight is 484 g/mol. The Morgan fingerprint density at radius 2 is 1.17 bits per heavy atom. The van der Waals surface area contributed by atoms with Crippen LogP contribution < -0.4 is 0 Å². The van der Waals surface area contributed by atoms with Gasteiger partial charge in [0, 0.05) is 18.4 Å². The van der Waals surface area contributed by atoms with Crippen LogP contribution in [0.15, 0.2) is 83.9 Å². The molecule has 3 aromatic rings. The summed E-state index contributed by atoms with van der Waals surface area (Å²) in [5, 5.41) is 12.2. The second-order valence-corrected chi connectivity index (χ2v) is 12.4. The van der Waals surface area contributed by atoms with Gasteiger partial charge in [0.05, 0.1) is 5.60 Å². The Balaban J connectivity index is 1.76. The summed E-state index contributed by atoms with van der Waals surface area (Å²) in [6.45, 7) is 15.4. The van der Waals surface area contributed by atoms with Crippen LogP contribution in [0.3, 0.4) is 0 Å². The SMILES string of the molecule is C[C@@H]1OC(c2cc(C(C)(C)C)cc(C(C)(C)C)c2)=N[C@@H]1C(O)(Cc1ccccc1)Cc1ccccc1. The van der Waals surface area contributed by atoms with Crippen molar-refractivity contribution in [3.8, 4) is 0 Å². The summed E-state index contributed by atoms with van der Waals surface area (Å²) in [5.41, 5.74) is 4.62. The summed E-state index contributed by atoms with van der Waals surface area (Å²) < 4.78 is 6.41. The summed E-state index contributed by atoms with van der Waals surface area (Å²) in [6.07, 6.45) is 0.772. The highest BCUT2D eigenvalue weighted by molar-refractivity contribution is 5.96. The fourth-order valence-electron chi connectivity index (χ4n) is 4.99. The second kappa shape index (κ2) is 9.86. The highest BCUT2D eigenvalue weighted by atomic mass is 16.5. The lowest BCUT2D eigenvalue weighted by atomic mass is 9.79. The third kappa shape index (κ3) is 5.90. The van der Waals surface area contributed by atoms with Crippen LogP contribution in [0.25, 0.3) is 0 Å². The molecule has 0 aliphatic carbocycles. The largest absolute Gasteiger partial charge is 0.472 e. The third-order valence-corrected chi connectivity index (χ3v) is 7.17. The van der Waals surface area contributed by atoms with Gasteiger partial charge in [-0.15, -0.1) is 0 Å². The van der Waals surface area contributed by atoms with Crippen molar-refractivity contribution in [2.45, 2.75) is 89.9 Å². The maximum Gasteiger partial charge on any atom is 0.216 e. The number of benzene rings is 3. The van der Waals surface area contributed by atoms with E-state index in [0.717, 1.165) is 16.7 Å². The van der Waals surface area contributed by atoms with Gasteiger partial charge in [-0.25, -0.2) is 4.99 Å². The molecule has 1 N–H and O–H groups in total. The van der Waals surface area contributed by atoms with Gasteiger partial charge in [0.25, 0.3) is 0 Å². The lowest BCUT2D eigenvalue weighted by Crippen LogP contribution is -2.49. The topological polar surface area (TPSA) is 41.8 Å². The first-order valence-corrected chi connectivity index (χ1v) is 13.1. The van der Waals surface area contributed by atoms with Crippen LogP contribution in [0.4, 0.5) is 0 Å². The molecule has 0 fully saturated rings. The van der Waals surface area contributed by atoms with Crippen LogP contribution in [0.2, 0.25) is 0 Å². The van der Waals surface area contributed by atoms with E-state index in [9.17, 15) is 5.11 Å². The van der Waals surface area contributed by atoms with Crippen LogP contribution in [-0.4, -0.2) is 28.8 Å². The molecule has 1 aliphatic heterocycles. The molecule has 0 saturated carbocycles. The molecule has 190 valence electrons. The smallest absolute Gasteiger partial charge is 0.216 e.